The summed E-state index contributed by atoms with van der Waals surface area (Å²) in [6.45, 7) is 7.39. The van der Waals surface area contributed by atoms with Crippen LogP contribution in [0.15, 0.2) is 41.0 Å². The van der Waals surface area contributed by atoms with Gasteiger partial charge in [-0.05, 0) is 62.4 Å². The van der Waals surface area contributed by atoms with Gasteiger partial charge in [0.25, 0.3) is 0 Å². The van der Waals surface area contributed by atoms with Crippen molar-refractivity contribution in [3.8, 4) is 5.75 Å². The molecular formula is C24H27NO4. The molecule has 4 rings (SSSR count). The second-order valence-electron chi connectivity index (χ2n) is 7.82. The zero-order chi connectivity index (χ0) is 20.4. The van der Waals surface area contributed by atoms with E-state index in [9.17, 15) is 4.79 Å². The largest absolute Gasteiger partial charge is 0.489 e. The Labute approximate surface area is 171 Å². The van der Waals surface area contributed by atoms with Crippen molar-refractivity contribution in [1.29, 1.82) is 0 Å². The van der Waals surface area contributed by atoms with E-state index in [2.05, 4.69) is 18.3 Å². The maximum absolute atomic E-state index is 12.7. The van der Waals surface area contributed by atoms with Crippen molar-refractivity contribution in [2.75, 3.05) is 18.5 Å². The number of benzene rings is 2. The first kappa shape index (κ1) is 19.5. The van der Waals surface area contributed by atoms with E-state index >= 15 is 0 Å². The second kappa shape index (κ2) is 8.29. The molecule has 1 aliphatic rings. The predicted octanol–water partition coefficient (Wildman–Crippen LogP) is 5.10. The lowest BCUT2D eigenvalue weighted by molar-refractivity contribution is -0.115. The monoisotopic (exact) mass is 393 g/mol. The molecule has 2 heterocycles. The van der Waals surface area contributed by atoms with E-state index in [4.69, 9.17) is 13.9 Å². The molecule has 0 radical (unpaired) electrons. The average molecular weight is 393 g/mol. The van der Waals surface area contributed by atoms with Crippen LogP contribution in [0.2, 0.25) is 0 Å². The molecule has 1 unspecified atom stereocenters. The second-order valence-corrected chi connectivity index (χ2v) is 7.82. The molecule has 0 spiro atoms. The lowest BCUT2D eigenvalue weighted by Gasteiger charge is -2.16. The molecule has 5 nitrogen and oxygen atoms in total. The number of hydrogen-bond acceptors (Lipinski definition) is 4. The number of carbonyl (C=O) groups excluding carboxylic acids is 1. The summed E-state index contributed by atoms with van der Waals surface area (Å²) >= 11 is 0. The highest BCUT2D eigenvalue weighted by Crippen LogP contribution is 2.29. The van der Waals surface area contributed by atoms with Crippen molar-refractivity contribution >= 4 is 22.6 Å². The minimum absolute atomic E-state index is 0.100. The Morgan fingerprint density at radius 1 is 1.21 bits per heavy atom. The number of rotatable bonds is 6. The number of furan rings is 1. The molecule has 1 amide bonds. The van der Waals surface area contributed by atoms with E-state index in [0.29, 0.717) is 18.0 Å². The summed E-state index contributed by atoms with van der Waals surface area (Å²) in [6.07, 6.45) is 4.14. The van der Waals surface area contributed by atoms with Crippen LogP contribution in [0.25, 0.3) is 11.0 Å². The van der Waals surface area contributed by atoms with Crippen molar-refractivity contribution in [3.63, 3.8) is 0 Å². The number of nitrogens with one attached hydrogen (secondary N) is 1. The van der Waals surface area contributed by atoms with Crippen molar-refractivity contribution in [3.05, 3.63) is 58.8 Å². The van der Waals surface area contributed by atoms with Gasteiger partial charge in [-0.3, -0.25) is 4.79 Å². The summed E-state index contributed by atoms with van der Waals surface area (Å²) in [5.41, 5.74) is 5.78. The van der Waals surface area contributed by atoms with Crippen molar-refractivity contribution in [2.24, 2.45) is 0 Å². The van der Waals surface area contributed by atoms with Crippen LogP contribution in [0.1, 0.15) is 35.1 Å². The summed E-state index contributed by atoms with van der Waals surface area (Å²) in [4.78, 5) is 12.7. The van der Waals surface area contributed by atoms with Crippen molar-refractivity contribution in [1.82, 2.24) is 0 Å². The third kappa shape index (κ3) is 4.30. The van der Waals surface area contributed by atoms with Crippen molar-refractivity contribution < 1.29 is 18.7 Å². The minimum Gasteiger partial charge on any atom is -0.489 e. The Kier molecular flexibility index (Phi) is 5.58. The number of carbonyl (C=O) groups is 1. The first-order valence-electron chi connectivity index (χ1n) is 10.1. The Morgan fingerprint density at radius 2 is 2.07 bits per heavy atom. The Balaban J connectivity index is 1.47. The van der Waals surface area contributed by atoms with Crippen LogP contribution >= 0.6 is 0 Å². The fourth-order valence-electron chi connectivity index (χ4n) is 3.70. The van der Waals surface area contributed by atoms with Gasteiger partial charge in [-0.25, -0.2) is 0 Å². The molecule has 1 aliphatic heterocycles. The lowest BCUT2D eigenvalue weighted by atomic mass is 10.0. The smallest absolute Gasteiger partial charge is 0.229 e. The highest BCUT2D eigenvalue weighted by atomic mass is 16.5. The molecule has 0 bridgehead atoms. The Morgan fingerprint density at radius 3 is 2.86 bits per heavy atom. The summed E-state index contributed by atoms with van der Waals surface area (Å²) in [6, 6.07) is 9.88. The van der Waals surface area contributed by atoms with Crippen molar-refractivity contribution in [2.45, 2.75) is 46.1 Å². The van der Waals surface area contributed by atoms with Gasteiger partial charge in [0.2, 0.25) is 5.91 Å². The normalized spacial score (nSPS) is 16.3. The summed E-state index contributed by atoms with van der Waals surface area (Å²) in [7, 11) is 0. The highest BCUT2D eigenvalue weighted by molar-refractivity contribution is 5.96. The zero-order valence-electron chi connectivity index (χ0n) is 17.2. The topological polar surface area (TPSA) is 60.7 Å². The molecule has 152 valence electrons. The van der Waals surface area contributed by atoms with E-state index in [-0.39, 0.29) is 18.4 Å². The number of fused-ring (bicyclic) bond motifs is 1. The number of hydrogen-bond donors (Lipinski definition) is 1. The number of anilines is 1. The van der Waals surface area contributed by atoms with E-state index in [1.807, 2.05) is 38.1 Å². The number of ether oxygens (including phenoxy) is 2. The predicted molar refractivity (Wildman–Crippen MR) is 114 cm³/mol. The van der Waals surface area contributed by atoms with Gasteiger partial charge in [0.1, 0.15) is 17.9 Å². The maximum atomic E-state index is 12.7. The van der Waals surface area contributed by atoms with Crippen LogP contribution in [0.3, 0.4) is 0 Å². The van der Waals surface area contributed by atoms with Crippen LogP contribution in [-0.2, 0) is 16.0 Å². The van der Waals surface area contributed by atoms with E-state index in [1.165, 1.54) is 5.56 Å². The highest BCUT2D eigenvalue weighted by Gasteiger charge is 2.18. The minimum atomic E-state index is -0.100. The van der Waals surface area contributed by atoms with Crippen LogP contribution < -0.4 is 10.1 Å². The molecular weight excluding hydrogens is 366 g/mol. The van der Waals surface area contributed by atoms with Gasteiger partial charge in [-0.15, -0.1) is 0 Å². The molecule has 1 atom stereocenters. The van der Waals surface area contributed by atoms with E-state index in [0.717, 1.165) is 47.1 Å². The van der Waals surface area contributed by atoms with Gasteiger partial charge < -0.3 is 19.2 Å². The van der Waals surface area contributed by atoms with Gasteiger partial charge in [-0.2, -0.15) is 0 Å². The van der Waals surface area contributed by atoms with Crippen LogP contribution in [0, 0.1) is 20.8 Å². The lowest BCUT2D eigenvalue weighted by Crippen LogP contribution is -2.19. The SMILES string of the molecule is Cc1ccc(NC(=O)Cc2coc3c(C)c(C)ccc23)c(OCC2CCCO2)c1. The third-order valence-corrected chi connectivity index (χ3v) is 5.55. The molecule has 0 saturated carbocycles. The van der Waals surface area contributed by atoms with Gasteiger partial charge in [-0.1, -0.05) is 18.2 Å². The molecule has 3 aromatic rings. The van der Waals surface area contributed by atoms with Gasteiger partial charge >= 0.3 is 0 Å². The Bertz CT molecular complexity index is 1030. The summed E-state index contributed by atoms with van der Waals surface area (Å²) in [5, 5.41) is 3.98. The maximum Gasteiger partial charge on any atom is 0.229 e. The summed E-state index contributed by atoms with van der Waals surface area (Å²) in [5.74, 6) is 0.578. The molecule has 0 aliphatic carbocycles. The first-order chi connectivity index (χ1) is 14.0. The van der Waals surface area contributed by atoms with Crippen LogP contribution in [-0.4, -0.2) is 25.2 Å². The standard InChI is InChI=1S/C24H27NO4/c1-15-6-9-21(22(11-15)28-14-19-5-4-10-27-19)25-23(26)12-18-13-29-24-17(3)16(2)7-8-20(18)24/h6-9,11,13,19H,4-5,10,12,14H2,1-3H3,(H,25,26). The molecule has 29 heavy (non-hydrogen) atoms. The van der Waals surface area contributed by atoms with E-state index < -0.39 is 0 Å². The number of aryl methyl sites for hydroxylation is 3. The first-order valence-corrected chi connectivity index (χ1v) is 10.1. The number of amides is 1. The third-order valence-electron chi connectivity index (χ3n) is 5.55. The van der Waals surface area contributed by atoms with Crippen LogP contribution in [0.5, 0.6) is 5.75 Å². The molecule has 5 heteroatoms. The zero-order valence-corrected chi connectivity index (χ0v) is 17.2. The summed E-state index contributed by atoms with van der Waals surface area (Å²) < 4.78 is 17.3. The quantitative estimate of drug-likeness (QED) is 0.633. The molecule has 2 aromatic carbocycles. The molecule has 1 saturated heterocycles. The fraction of sp³-hybridized carbons (Fsp3) is 0.375. The van der Waals surface area contributed by atoms with Gasteiger partial charge in [0, 0.05) is 17.6 Å². The molecule has 1 aromatic heterocycles. The molecule has 1 N–H and O–H groups in total. The van der Waals surface area contributed by atoms with E-state index in [1.54, 1.807) is 6.26 Å². The fourth-order valence-corrected chi connectivity index (χ4v) is 3.70. The van der Waals surface area contributed by atoms with Crippen LogP contribution in [0.4, 0.5) is 5.69 Å². The van der Waals surface area contributed by atoms with Gasteiger partial charge in [0.15, 0.2) is 0 Å². The molecule has 1 fully saturated rings. The average Bonchev–Trinajstić information content (AvgIpc) is 3.35. The Hall–Kier alpha value is -2.79. The van der Waals surface area contributed by atoms with Gasteiger partial charge in [0.05, 0.1) is 24.5 Å².